The lowest BCUT2D eigenvalue weighted by atomic mass is 10.2. The van der Waals surface area contributed by atoms with Crippen molar-refractivity contribution in [1.29, 1.82) is 0 Å². The summed E-state index contributed by atoms with van der Waals surface area (Å²) in [6, 6.07) is 9.78. The Morgan fingerprint density at radius 1 is 1.25 bits per heavy atom. The Balaban J connectivity index is 2.01. The molecular weight excluding hydrogens is 250 g/mol. The predicted molar refractivity (Wildman–Crippen MR) is 82.9 cm³/mol. The molecule has 1 aromatic heterocycles. The minimum atomic E-state index is 0.697. The van der Waals surface area contributed by atoms with Gasteiger partial charge in [0.1, 0.15) is 5.75 Å². The molecule has 2 rings (SSSR count). The summed E-state index contributed by atoms with van der Waals surface area (Å²) in [5.41, 5.74) is 9.69. The molecule has 0 radical (unpaired) electrons. The highest BCUT2D eigenvalue weighted by molar-refractivity contribution is 5.59. The zero-order valence-corrected chi connectivity index (χ0v) is 12.0. The van der Waals surface area contributed by atoms with Gasteiger partial charge in [-0.2, -0.15) is 0 Å². The Morgan fingerprint density at radius 3 is 2.80 bits per heavy atom. The molecule has 0 spiro atoms. The number of anilines is 2. The van der Waals surface area contributed by atoms with Crippen molar-refractivity contribution >= 4 is 11.4 Å². The second-order valence-corrected chi connectivity index (χ2v) is 4.80. The number of hydrogen-bond acceptors (Lipinski definition) is 4. The molecule has 3 N–H and O–H groups in total. The van der Waals surface area contributed by atoms with Crippen molar-refractivity contribution < 1.29 is 4.74 Å². The topological polar surface area (TPSA) is 60.2 Å². The highest BCUT2D eigenvalue weighted by Crippen LogP contribution is 2.23. The lowest BCUT2D eigenvalue weighted by Gasteiger charge is -2.11. The van der Waals surface area contributed by atoms with E-state index in [1.807, 2.05) is 37.4 Å². The quantitative estimate of drug-likeness (QED) is 0.791. The van der Waals surface area contributed by atoms with Crippen LogP contribution in [0, 0.1) is 6.92 Å². The molecule has 0 aliphatic heterocycles. The molecule has 0 fully saturated rings. The van der Waals surface area contributed by atoms with Gasteiger partial charge in [-0.1, -0.05) is 13.0 Å². The third kappa shape index (κ3) is 4.16. The van der Waals surface area contributed by atoms with Crippen LogP contribution in [0.15, 0.2) is 36.5 Å². The molecule has 0 saturated heterocycles. The number of nitrogen functional groups attached to an aromatic ring is 1. The summed E-state index contributed by atoms with van der Waals surface area (Å²) in [5, 5.41) is 3.34. The Kier molecular flexibility index (Phi) is 4.82. The SMILES string of the molecule is CCCOc1cc(N)cc(NCc2ccc(C)nc2)c1. The molecule has 0 atom stereocenters. The summed E-state index contributed by atoms with van der Waals surface area (Å²) in [7, 11) is 0. The molecule has 20 heavy (non-hydrogen) atoms. The van der Waals surface area contributed by atoms with Crippen molar-refractivity contribution in [3.8, 4) is 5.75 Å². The van der Waals surface area contributed by atoms with Gasteiger partial charge in [-0.15, -0.1) is 0 Å². The van der Waals surface area contributed by atoms with Gasteiger partial charge in [-0.25, -0.2) is 0 Å². The average Bonchev–Trinajstić information content (AvgIpc) is 2.44. The fourth-order valence-electron chi connectivity index (χ4n) is 1.83. The second kappa shape index (κ2) is 6.80. The van der Waals surface area contributed by atoms with E-state index in [1.54, 1.807) is 0 Å². The molecule has 0 saturated carbocycles. The molecule has 1 aromatic carbocycles. The molecule has 106 valence electrons. The molecule has 4 heteroatoms. The van der Waals surface area contributed by atoms with Crippen molar-refractivity contribution in [2.45, 2.75) is 26.8 Å². The average molecular weight is 271 g/mol. The molecule has 0 aliphatic carbocycles. The zero-order chi connectivity index (χ0) is 14.4. The van der Waals surface area contributed by atoms with Crippen LogP contribution in [0.2, 0.25) is 0 Å². The molecule has 4 nitrogen and oxygen atoms in total. The highest BCUT2D eigenvalue weighted by Gasteiger charge is 2.01. The van der Waals surface area contributed by atoms with Crippen LogP contribution in [0.25, 0.3) is 0 Å². The molecular formula is C16H21N3O. The maximum atomic E-state index is 5.89. The van der Waals surface area contributed by atoms with Crippen LogP contribution in [-0.4, -0.2) is 11.6 Å². The molecule has 1 heterocycles. The third-order valence-electron chi connectivity index (χ3n) is 2.87. The Hall–Kier alpha value is -2.23. The number of rotatable bonds is 6. The van der Waals surface area contributed by atoms with Gasteiger partial charge >= 0.3 is 0 Å². The van der Waals surface area contributed by atoms with E-state index >= 15 is 0 Å². The highest BCUT2D eigenvalue weighted by atomic mass is 16.5. The Bertz CT molecular complexity index is 552. The standard InChI is InChI=1S/C16H21N3O/c1-3-6-20-16-8-14(17)7-15(9-16)19-11-13-5-4-12(2)18-10-13/h4-5,7-10,19H,3,6,11,17H2,1-2H3. The van der Waals surface area contributed by atoms with Crippen molar-refractivity contribution in [1.82, 2.24) is 4.98 Å². The van der Waals surface area contributed by atoms with Crippen molar-refractivity contribution in [3.05, 3.63) is 47.8 Å². The van der Waals surface area contributed by atoms with E-state index in [2.05, 4.69) is 23.3 Å². The van der Waals surface area contributed by atoms with Crippen LogP contribution >= 0.6 is 0 Å². The second-order valence-electron chi connectivity index (χ2n) is 4.80. The van der Waals surface area contributed by atoms with E-state index in [4.69, 9.17) is 10.5 Å². The van der Waals surface area contributed by atoms with Crippen molar-refractivity contribution in [2.24, 2.45) is 0 Å². The number of nitrogens with one attached hydrogen (secondary N) is 1. The van der Waals surface area contributed by atoms with Crippen LogP contribution < -0.4 is 15.8 Å². The van der Waals surface area contributed by atoms with Gasteiger partial charge in [0.05, 0.1) is 6.61 Å². The first kappa shape index (κ1) is 14.2. The van der Waals surface area contributed by atoms with Gasteiger partial charge in [0, 0.05) is 41.9 Å². The van der Waals surface area contributed by atoms with Gasteiger partial charge in [0.25, 0.3) is 0 Å². The van der Waals surface area contributed by atoms with Gasteiger partial charge in [-0.3, -0.25) is 4.98 Å². The molecule has 0 bridgehead atoms. The Morgan fingerprint density at radius 2 is 2.10 bits per heavy atom. The summed E-state index contributed by atoms with van der Waals surface area (Å²) in [4.78, 5) is 4.28. The van der Waals surface area contributed by atoms with Crippen LogP contribution in [0.5, 0.6) is 5.75 Å². The monoisotopic (exact) mass is 271 g/mol. The fourth-order valence-corrected chi connectivity index (χ4v) is 1.83. The number of nitrogens with two attached hydrogens (primary N) is 1. The van der Waals surface area contributed by atoms with Gasteiger partial charge in [0.2, 0.25) is 0 Å². The number of benzene rings is 1. The van der Waals surface area contributed by atoms with E-state index in [1.165, 1.54) is 0 Å². The maximum absolute atomic E-state index is 5.89. The smallest absolute Gasteiger partial charge is 0.123 e. The summed E-state index contributed by atoms with van der Waals surface area (Å²) in [5.74, 6) is 0.802. The van der Waals surface area contributed by atoms with Crippen molar-refractivity contribution in [3.63, 3.8) is 0 Å². The van der Waals surface area contributed by atoms with E-state index in [0.29, 0.717) is 18.8 Å². The first-order valence-corrected chi connectivity index (χ1v) is 6.86. The zero-order valence-electron chi connectivity index (χ0n) is 12.0. The summed E-state index contributed by atoms with van der Waals surface area (Å²) in [6.45, 7) is 5.47. The maximum Gasteiger partial charge on any atom is 0.123 e. The van der Waals surface area contributed by atoms with Crippen LogP contribution in [0.3, 0.4) is 0 Å². The lowest BCUT2D eigenvalue weighted by molar-refractivity contribution is 0.318. The molecule has 0 unspecified atom stereocenters. The summed E-state index contributed by atoms with van der Waals surface area (Å²) < 4.78 is 5.61. The number of aryl methyl sites for hydroxylation is 1. The summed E-state index contributed by atoms with van der Waals surface area (Å²) >= 11 is 0. The number of aromatic nitrogens is 1. The first-order valence-electron chi connectivity index (χ1n) is 6.86. The van der Waals surface area contributed by atoms with Gasteiger partial charge < -0.3 is 15.8 Å². The largest absolute Gasteiger partial charge is 0.493 e. The fraction of sp³-hybridized carbons (Fsp3) is 0.312. The summed E-state index contributed by atoms with van der Waals surface area (Å²) in [6.07, 6.45) is 2.86. The predicted octanol–water partition coefficient (Wildman–Crippen LogP) is 3.37. The minimum absolute atomic E-state index is 0.697. The first-order chi connectivity index (χ1) is 9.67. The molecule has 0 amide bonds. The van der Waals surface area contributed by atoms with E-state index in [-0.39, 0.29) is 0 Å². The lowest BCUT2D eigenvalue weighted by Crippen LogP contribution is -2.02. The van der Waals surface area contributed by atoms with Crippen LogP contribution in [-0.2, 0) is 6.54 Å². The van der Waals surface area contributed by atoms with Crippen LogP contribution in [0.1, 0.15) is 24.6 Å². The third-order valence-corrected chi connectivity index (χ3v) is 2.87. The molecule has 0 aliphatic rings. The number of pyridine rings is 1. The van der Waals surface area contributed by atoms with Crippen molar-refractivity contribution in [2.75, 3.05) is 17.7 Å². The van der Waals surface area contributed by atoms with Gasteiger partial charge in [-0.05, 0) is 31.0 Å². The normalized spacial score (nSPS) is 10.3. The minimum Gasteiger partial charge on any atom is -0.493 e. The molecule has 2 aromatic rings. The van der Waals surface area contributed by atoms with E-state index in [0.717, 1.165) is 29.1 Å². The van der Waals surface area contributed by atoms with E-state index < -0.39 is 0 Å². The Labute approximate surface area is 120 Å². The van der Waals surface area contributed by atoms with E-state index in [9.17, 15) is 0 Å². The van der Waals surface area contributed by atoms with Crippen LogP contribution in [0.4, 0.5) is 11.4 Å². The number of ether oxygens (including phenoxy) is 1. The number of hydrogen-bond donors (Lipinski definition) is 2. The number of nitrogens with zero attached hydrogens (tertiary/aromatic N) is 1. The van der Waals surface area contributed by atoms with Gasteiger partial charge in [0.15, 0.2) is 0 Å².